The third-order valence-corrected chi connectivity index (χ3v) is 9.46. The van der Waals surface area contributed by atoms with Crippen molar-refractivity contribution in [2.75, 3.05) is 26.4 Å². The molecule has 0 aliphatic carbocycles. The van der Waals surface area contributed by atoms with Crippen molar-refractivity contribution in [2.45, 2.75) is 50.5 Å². The van der Waals surface area contributed by atoms with Crippen molar-refractivity contribution in [3.63, 3.8) is 0 Å². The van der Waals surface area contributed by atoms with E-state index >= 15 is 0 Å². The molecule has 3 heterocycles. The summed E-state index contributed by atoms with van der Waals surface area (Å²) in [5.41, 5.74) is 5.80. The molecule has 1 fully saturated rings. The Morgan fingerprint density at radius 2 is 1.82 bits per heavy atom. The van der Waals surface area contributed by atoms with Gasteiger partial charge in [0.05, 0.1) is 16.9 Å². The van der Waals surface area contributed by atoms with Gasteiger partial charge in [0, 0.05) is 56.1 Å². The van der Waals surface area contributed by atoms with E-state index in [1.54, 1.807) is 23.7 Å². The molecule has 3 aromatic carbocycles. The molecule has 0 bridgehead atoms. The third kappa shape index (κ3) is 7.55. The van der Waals surface area contributed by atoms with Crippen molar-refractivity contribution in [3.8, 4) is 0 Å². The SMILES string of the molecule is CCc1ccc2occ(C(=O)N(C)CC(O)Cc3ccccc3)c2c1.CN(Cc1cccc2[nH]ccc12)C(=O)C1CCCS1. The number of benzene rings is 3. The molecule has 1 aliphatic rings. The summed E-state index contributed by atoms with van der Waals surface area (Å²) in [4.78, 5) is 31.7. The molecule has 2 N–H and O–H groups in total. The lowest BCUT2D eigenvalue weighted by atomic mass is 10.1. The zero-order valence-electron chi connectivity index (χ0n) is 25.7. The van der Waals surface area contributed by atoms with Gasteiger partial charge in [0.25, 0.3) is 5.91 Å². The fourth-order valence-corrected chi connectivity index (χ4v) is 6.93. The molecule has 2 aromatic heterocycles. The molecule has 1 saturated heterocycles. The maximum atomic E-state index is 12.8. The molecule has 1 aliphatic heterocycles. The van der Waals surface area contributed by atoms with E-state index in [2.05, 4.69) is 30.1 Å². The number of thioether (sulfide) groups is 1. The Kier molecular flexibility index (Phi) is 10.5. The largest absolute Gasteiger partial charge is 0.463 e. The molecular weight excluding hydrogens is 570 g/mol. The minimum Gasteiger partial charge on any atom is -0.463 e. The summed E-state index contributed by atoms with van der Waals surface area (Å²) in [6, 6.07) is 24.0. The van der Waals surface area contributed by atoms with Crippen LogP contribution in [0.2, 0.25) is 0 Å². The number of aliphatic hydroxyl groups is 1. The zero-order valence-corrected chi connectivity index (χ0v) is 26.5. The van der Waals surface area contributed by atoms with E-state index in [4.69, 9.17) is 4.42 Å². The van der Waals surface area contributed by atoms with E-state index in [9.17, 15) is 14.7 Å². The van der Waals surface area contributed by atoms with Crippen LogP contribution >= 0.6 is 11.8 Å². The van der Waals surface area contributed by atoms with Crippen molar-refractivity contribution in [1.29, 1.82) is 0 Å². The van der Waals surface area contributed by atoms with Gasteiger partial charge in [-0.3, -0.25) is 9.59 Å². The zero-order chi connectivity index (χ0) is 31.1. The molecule has 7 nitrogen and oxygen atoms in total. The first kappa shape index (κ1) is 31.4. The standard InChI is InChI=1S/C21H23NO3.C15H18N2OS/c1-3-15-9-10-20-18(12-15)19(14-25-20)21(24)22(2)13-17(23)11-16-7-5-4-6-8-16;1-17(15(18)14-6-3-9-19-14)10-11-4-2-5-13-12(11)7-8-16-13/h4-10,12,14,17,23H,3,11,13H2,1-2H3;2,4-5,7-8,14,16H,3,6,9-10H2,1H3. The van der Waals surface area contributed by atoms with Gasteiger partial charge in [-0.1, -0.05) is 55.5 Å². The van der Waals surface area contributed by atoms with Gasteiger partial charge in [0.15, 0.2) is 0 Å². The topological polar surface area (TPSA) is 89.8 Å². The number of rotatable bonds is 9. The molecule has 5 aromatic rings. The summed E-state index contributed by atoms with van der Waals surface area (Å²) in [5.74, 6) is 1.26. The third-order valence-electron chi connectivity index (χ3n) is 8.10. The number of fused-ring (bicyclic) bond motifs is 2. The molecule has 0 saturated carbocycles. The Bertz CT molecular complexity index is 1690. The molecule has 8 heteroatoms. The van der Waals surface area contributed by atoms with Crippen LogP contribution in [0.3, 0.4) is 0 Å². The van der Waals surface area contributed by atoms with Gasteiger partial charge in [-0.05, 0) is 66.0 Å². The van der Waals surface area contributed by atoms with Gasteiger partial charge in [0.2, 0.25) is 5.91 Å². The van der Waals surface area contributed by atoms with E-state index in [1.165, 1.54) is 23.6 Å². The highest BCUT2D eigenvalue weighted by Gasteiger charge is 2.26. The fraction of sp³-hybridized carbons (Fsp3) is 0.333. The van der Waals surface area contributed by atoms with Crippen LogP contribution in [-0.4, -0.2) is 69.5 Å². The normalized spacial score (nSPS) is 15.1. The van der Waals surface area contributed by atoms with Crippen molar-refractivity contribution in [3.05, 3.63) is 108 Å². The van der Waals surface area contributed by atoms with Crippen LogP contribution in [0.4, 0.5) is 0 Å². The van der Waals surface area contributed by atoms with Crippen molar-refractivity contribution < 1.29 is 19.1 Å². The lowest BCUT2D eigenvalue weighted by Gasteiger charge is -2.21. The quantitative estimate of drug-likeness (QED) is 0.194. The number of hydrogen-bond donors (Lipinski definition) is 2. The summed E-state index contributed by atoms with van der Waals surface area (Å²) >= 11 is 1.80. The lowest BCUT2D eigenvalue weighted by molar-refractivity contribution is -0.129. The number of aromatic amines is 1. The summed E-state index contributed by atoms with van der Waals surface area (Å²) in [7, 11) is 3.62. The van der Waals surface area contributed by atoms with Crippen LogP contribution in [0.25, 0.3) is 21.9 Å². The smallest absolute Gasteiger partial charge is 0.257 e. The van der Waals surface area contributed by atoms with E-state index < -0.39 is 6.10 Å². The fourth-order valence-electron chi connectivity index (χ4n) is 5.66. The highest BCUT2D eigenvalue weighted by Crippen LogP contribution is 2.28. The molecule has 44 heavy (non-hydrogen) atoms. The van der Waals surface area contributed by atoms with Crippen LogP contribution in [0.1, 0.15) is 46.8 Å². The number of amides is 2. The molecule has 2 atom stereocenters. The minimum absolute atomic E-state index is 0.140. The minimum atomic E-state index is -0.610. The van der Waals surface area contributed by atoms with E-state index in [-0.39, 0.29) is 23.6 Å². The molecule has 2 amide bonds. The number of carbonyl (C=O) groups is 2. The average molecular weight is 612 g/mol. The highest BCUT2D eigenvalue weighted by molar-refractivity contribution is 8.00. The van der Waals surface area contributed by atoms with Gasteiger partial charge in [-0.15, -0.1) is 11.8 Å². The van der Waals surface area contributed by atoms with Crippen LogP contribution in [0.15, 0.2) is 89.7 Å². The first-order chi connectivity index (χ1) is 21.3. The molecule has 6 rings (SSSR count). The number of carbonyl (C=O) groups excluding carboxylic acids is 2. The Balaban J connectivity index is 0.000000181. The monoisotopic (exact) mass is 611 g/mol. The number of hydrogen-bond acceptors (Lipinski definition) is 5. The number of aliphatic hydroxyl groups excluding tert-OH is 1. The number of aryl methyl sites for hydroxylation is 1. The van der Waals surface area contributed by atoms with Gasteiger partial charge < -0.3 is 24.3 Å². The number of H-pyrrole nitrogens is 1. The van der Waals surface area contributed by atoms with Crippen LogP contribution in [0, 0.1) is 0 Å². The average Bonchev–Trinajstić information content (AvgIpc) is 3.82. The summed E-state index contributed by atoms with van der Waals surface area (Å²) in [6.07, 6.45) is 6.46. The Morgan fingerprint density at radius 1 is 1.00 bits per heavy atom. The Morgan fingerprint density at radius 3 is 2.57 bits per heavy atom. The first-order valence-electron chi connectivity index (χ1n) is 15.2. The lowest BCUT2D eigenvalue weighted by Crippen LogP contribution is -2.35. The summed E-state index contributed by atoms with van der Waals surface area (Å²) in [5, 5.41) is 12.5. The first-order valence-corrected chi connectivity index (χ1v) is 16.3. The molecule has 0 spiro atoms. The highest BCUT2D eigenvalue weighted by atomic mass is 32.2. The van der Waals surface area contributed by atoms with Crippen LogP contribution < -0.4 is 0 Å². The molecule has 2 unspecified atom stereocenters. The van der Waals surface area contributed by atoms with Crippen LogP contribution in [-0.2, 0) is 24.2 Å². The number of nitrogens with one attached hydrogen (secondary N) is 1. The van der Waals surface area contributed by atoms with Gasteiger partial charge >= 0.3 is 0 Å². The Hall–Kier alpha value is -4.01. The number of furan rings is 1. The van der Waals surface area contributed by atoms with Crippen molar-refractivity contribution in [2.24, 2.45) is 0 Å². The van der Waals surface area contributed by atoms with Gasteiger partial charge in [-0.25, -0.2) is 0 Å². The maximum absolute atomic E-state index is 12.8. The van der Waals surface area contributed by atoms with Crippen molar-refractivity contribution in [1.82, 2.24) is 14.8 Å². The Labute approximate surface area is 263 Å². The molecular formula is C36H41N3O4S. The maximum Gasteiger partial charge on any atom is 0.257 e. The van der Waals surface area contributed by atoms with E-state index in [0.29, 0.717) is 24.1 Å². The second-order valence-electron chi connectivity index (χ2n) is 11.4. The number of nitrogens with zero attached hydrogens (tertiary/aromatic N) is 2. The van der Waals surface area contributed by atoms with E-state index in [1.807, 2.05) is 72.7 Å². The summed E-state index contributed by atoms with van der Waals surface area (Å²) in [6.45, 7) is 3.04. The summed E-state index contributed by atoms with van der Waals surface area (Å²) < 4.78 is 5.51. The predicted molar refractivity (Wildman–Crippen MR) is 179 cm³/mol. The van der Waals surface area contributed by atoms with E-state index in [0.717, 1.165) is 40.6 Å². The van der Waals surface area contributed by atoms with Crippen LogP contribution in [0.5, 0.6) is 0 Å². The van der Waals surface area contributed by atoms with Crippen molar-refractivity contribution >= 4 is 45.4 Å². The van der Waals surface area contributed by atoms with Gasteiger partial charge in [-0.2, -0.15) is 0 Å². The molecule has 230 valence electrons. The molecule has 0 radical (unpaired) electrons. The number of aromatic nitrogens is 1. The second-order valence-corrected chi connectivity index (χ2v) is 12.7. The number of likely N-dealkylation sites (N-methyl/N-ethyl adjacent to an activating group) is 1. The van der Waals surface area contributed by atoms with Gasteiger partial charge in [0.1, 0.15) is 11.8 Å². The predicted octanol–water partition coefficient (Wildman–Crippen LogP) is 6.69. The second kappa shape index (κ2) is 14.6.